The van der Waals surface area contributed by atoms with Crippen LogP contribution in [-0.2, 0) is 6.42 Å². The van der Waals surface area contributed by atoms with Crippen LogP contribution in [0.3, 0.4) is 0 Å². The van der Waals surface area contributed by atoms with Gasteiger partial charge in [-0.25, -0.2) is 9.93 Å². The first-order valence-corrected chi connectivity index (χ1v) is 11.8. The van der Waals surface area contributed by atoms with Gasteiger partial charge in [0.15, 0.2) is 0 Å². The fourth-order valence-electron chi connectivity index (χ4n) is 4.30. The average molecular weight is 451 g/mol. The lowest BCUT2D eigenvalue weighted by Crippen LogP contribution is -2.55. The largest absolute Gasteiger partial charge is 0.350 e. The summed E-state index contributed by atoms with van der Waals surface area (Å²) in [5.74, 6) is -0.141. The predicted molar refractivity (Wildman–Crippen MR) is 130 cm³/mol. The highest BCUT2D eigenvalue weighted by Gasteiger charge is 2.29. The van der Waals surface area contributed by atoms with Crippen LogP contribution in [0.2, 0.25) is 0 Å². The lowest BCUT2D eigenvalue weighted by atomic mass is 10.0. The summed E-state index contributed by atoms with van der Waals surface area (Å²) in [4.78, 5) is 3.45. The minimum atomic E-state index is -0.141. The molecule has 2 aromatic carbocycles. The molecule has 3 aliphatic rings. The van der Waals surface area contributed by atoms with E-state index < -0.39 is 0 Å². The van der Waals surface area contributed by atoms with Crippen molar-refractivity contribution >= 4 is 28.9 Å². The van der Waals surface area contributed by atoms with E-state index in [1.807, 2.05) is 35.3 Å². The van der Waals surface area contributed by atoms with E-state index in [0.29, 0.717) is 6.42 Å². The molecule has 166 valence electrons. The van der Waals surface area contributed by atoms with E-state index in [0.717, 1.165) is 43.6 Å². The van der Waals surface area contributed by atoms with Crippen molar-refractivity contribution in [3.05, 3.63) is 83.8 Å². The summed E-state index contributed by atoms with van der Waals surface area (Å²) >= 11 is 1.70. The van der Waals surface area contributed by atoms with Crippen molar-refractivity contribution in [3.8, 4) is 0 Å². The van der Waals surface area contributed by atoms with E-state index in [1.54, 1.807) is 24.4 Å². The first-order chi connectivity index (χ1) is 15.8. The maximum Gasteiger partial charge on any atom is 0.130 e. The van der Waals surface area contributed by atoms with E-state index in [2.05, 4.69) is 55.9 Å². The van der Waals surface area contributed by atoms with Crippen molar-refractivity contribution in [2.75, 3.05) is 18.0 Å². The molecule has 1 atom stereocenters. The number of rotatable bonds is 6. The molecule has 1 saturated heterocycles. The second kappa shape index (κ2) is 9.67. The average Bonchev–Trinajstić information content (AvgIpc) is 3.39. The molecule has 1 fully saturated rings. The summed E-state index contributed by atoms with van der Waals surface area (Å²) < 4.78 is 17.2. The van der Waals surface area contributed by atoms with E-state index >= 15 is 4.39 Å². The van der Waals surface area contributed by atoms with E-state index in [9.17, 15) is 0 Å². The molecular weight excluding hydrogens is 423 g/mol. The fourth-order valence-corrected chi connectivity index (χ4v) is 5.24. The van der Waals surface area contributed by atoms with E-state index in [1.165, 1.54) is 10.5 Å². The Morgan fingerprint density at radius 1 is 1.12 bits per heavy atom. The van der Waals surface area contributed by atoms with Gasteiger partial charge in [0.1, 0.15) is 18.3 Å². The number of nitrogens with one attached hydrogen (secondary N) is 2. The Balaban J connectivity index is 1.23. The fraction of sp³-hybridized carbons (Fsp3) is 0.292. The van der Waals surface area contributed by atoms with Gasteiger partial charge in [0, 0.05) is 29.9 Å². The van der Waals surface area contributed by atoms with Crippen molar-refractivity contribution in [3.63, 3.8) is 0 Å². The molecule has 5 rings (SSSR count). The van der Waals surface area contributed by atoms with Gasteiger partial charge in [-0.3, -0.25) is 5.01 Å². The van der Waals surface area contributed by atoms with Crippen LogP contribution in [0.1, 0.15) is 30.4 Å². The number of hydrogen-bond acceptors (Lipinski definition) is 7. The van der Waals surface area contributed by atoms with Crippen LogP contribution in [0.5, 0.6) is 0 Å². The van der Waals surface area contributed by atoms with Crippen molar-refractivity contribution in [1.82, 2.24) is 20.4 Å². The standard InChI is InChI=1S/C24H27FN6S/c25-22-17-21(30-15-5-4-10-24(30)31-18-26-27-28-31)12-11-19(22)13-16-29-14-6-9-23(32-29)20-7-2-1-3-8-20/h1-3,6-9,11-12,14,17-18,24,27-28H,4-5,10,13,15-16H2/t24-/m0/s1. The molecule has 0 unspecified atom stereocenters. The molecule has 0 spiro atoms. The zero-order valence-electron chi connectivity index (χ0n) is 17.8. The molecule has 0 saturated carbocycles. The van der Waals surface area contributed by atoms with Gasteiger partial charge in [-0.1, -0.05) is 36.4 Å². The molecular formula is C24H27FN6S. The van der Waals surface area contributed by atoms with Crippen LogP contribution in [0.25, 0.3) is 4.91 Å². The molecule has 0 radical (unpaired) electrons. The van der Waals surface area contributed by atoms with Crippen molar-refractivity contribution < 1.29 is 4.39 Å². The van der Waals surface area contributed by atoms with Gasteiger partial charge in [0.25, 0.3) is 0 Å². The first kappa shape index (κ1) is 20.9. The molecule has 0 amide bonds. The van der Waals surface area contributed by atoms with Crippen molar-refractivity contribution in [2.24, 2.45) is 5.10 Å². The molecule has 0 bridgehead atoms. The summed E-state index contributed by atoms with van der Waals surface area (Å²) in [6.07, 6.45) is 12.0. The molecule has 2 aromatic rings. The third kappa shape index (κ3) is 4.61. The Kier molecular flexibility index (Phi) is 6.31. The number of benzene rings is 2. The lowest BCUT2D eigenvalue weighted by molar-refractivity contribution is 0.191. The van der Waals surface area contributed by atoms with Gasteiger partial charge in [0.05, 0.1) is 0 Å². The zero-order chi connectivity index (χ0) is 21.8. The number of allylic oxidation sites excluding steroid dienone is 2. The summed E-state index contributed by atoms with van der Waals surface area (Å²) in [5, 5.41) is 5.96. The van der Waals surface area contributed by atoms with E-state index in [4.69, 9.17) is 0 Å². The second-order valence-electron chi connectivity index (χ2n) is 8.04. The molecule has 2 N–H and O–H groups in total. The lowest BCUT2D eigenvalue weighted by Gasteiger charge is -2.41. The minimum absolute atomic E-state index is 0.117. The topological polar surface area (TPSA) is 46.1 Å². The van der Waals surface area contributed by atoms with Crippen LogP contribution >= 0.6 is 11.9 Å². The highest BCUT2D eigenvalue weighted by Crippen LogP contribution is 2.34. The zero-order valence-corrected chi connectivity index (χ0v) is 18.6. The number of hydrazine groups is 2. The van der Waals surface area contributed by atoms with Crippen LogP contribution in [0.15, 0.2) is 72.0 Å². The predicted octanol–water partition coefficient (Wildman–Crippen LogP) is 4.47. The smallest absolute Gasteiger partial charge is 0.130 e. The molecule has 3 aliphatic heterocycles. The van der Waals surface area contributed by atoms with Gasteiger partial charge >= 0.3 is 0 Å². The highest BCUT2D eigenvalue weighted by atomic mass is 32.2. The highest BCUT2D eigenvalue weighted by molar-refractivity contribution is 8.06. The van der Waals surface area contributed by atoms with Crippen molar-refractivity contribution in [2.45, 2.75) is 31.8 Å². The molecule has 3 heterocycles. The Morgan fingerprint density at radius 2 is 2.03 bits per heavy atom. The molecule has 0 aliphatic carbocycles. The second-order valence-corrected chi connectivity index (χ2v) is 9.13. The number of piperidine rings is 1. The van der Waals surface area contributed by atoms with Crippen LogP contribution in [0, 0.1) is 5.82 Å². The maximum atomic E-state index is 15.1. The van der Waals surface area contributed by atoms with Crippen molar-refractivity contribution in [1.29, 1.82) is 0 Å². The van der Waals surface area contributed by atoms with Crippen LogP contribution < -0.4 is 16.0 Å². The quantitative estimate of drug-likeness (QED) is 0.633. The summed E-state index contributed by atoms with van der Waals surface area (Å²) in [6, 6.07) is 16.0. The third-order valence-corrected chi connectivity index (χ3v) is 7.07. The molecule has 6 nitrogen and oxygen atoms in total. The molecule has 0 aromatic heterocycles. The monoisotopic (exact) mass is 450 g/mol. The normalized spacial score (nSPS) is 20.5. The van der Waals surface area contributed by atoms with Gasteiger partial charge in [-0.05, 0) is 73.0 Å². The van der Waals surface area contributed by atoms with E-state index in [-0.39, 0.29) is 12.0 Å². The minimum Gasteiger partial charge on any atom is -0.350 e. The number of nitrogens with zero attached hydrogens (tertiary/aromatic N) is 4. The van der Waals surface area contributed by atoms with Gasteiger partial charge in [-0.15, -0.1) is 5.53 Å². The Bertz CT molecular complexity index is 1020. The van der Waals surface area contributed by atoms with Crippen LogP contribution in [-0.4, -0.2) is 34.9 Å². The summed E-state index contributed by atoms with van der Waals surface area (Å²) in [5.41, 5.74) is 8.64. The first-order valence-electron chi connectivity index (χ1n) is 11.0. The van der Waals surface area contributed by atoms with Crippen LogP contribution in [0.4, 0.5) is 10.1 Å². The van der Waals surface area contributed by atoms with Gasteiger partial charge in [0.2, 0.25) is 0 Å². The molecule has 8 heteroatoms. The Morgan fingerprint density at radius 3 is 2.84 bits per heavy atom. The number of hydrazone groups is 1. The Labute approximate surface area is 192 Å². The van der Waals surface area contributed by atoms with Gasteiger partial charge < -0.3 is 9.21 Å². The number of hydrogen-bond donors (Lipinski definition) is 2. The summed E-state index contributed by atoms with van der Waals surface area (Å²) in [7, 11) is 0. The number of halogens is 1. The summed E-state index contributed by atoms with van der Waals surface area (Å²) in [6.45, 7) is 1.65. The Hall–Kier alpha value is -2.97. The maximum absolute atomic E-state index is 15.1. The third-order valence-electron chi connectivity index (χ3n) is 5.96. The SMILES string of the molecule is Fc1cc(N2CCCC[C@@H]2N2C=NNN2)ccc1CCN1C=CC=C(c2ccccc2)S1. The number of anilines is 1. The molecule has 32 heavy (non-hydrogen) atoms. The van der Waals surface area contributed by atoms with Gasteiger partial charge in [-0.2, -0.15) is 5.10 Å².